The van der Waals surface area contributed by atoms with E-state index in [-0.39, 0.29) is 0 Å². The summed E-state index contributed by atoms with van der Waals surface area (Å²) in [5, 5.41) is 9.94. The molecule has 0 aromatic carbocycles. The molecule has 0 aliphatic carbocycles. The number of hydrogen-bond donors (Lipinski definition) is 0. The minimum atomic E-state index is 0.539. The van der Waals surface area contributed by atoms with Crippen LogP contribution < -0.4 is 9.47 Å². The standard InChI is InChI=1S/C11H15N3O2/c1-6-8-9(7(2)14(6)3)11(16-5)13-12-10(8)15-4/h1-5H3. The van der Waals surface area contributed by atoms with Gasteiger partial charge >= 0.3 is 0 Å². The Bertz CT molecular complexity index is 499. The van der Waals surface area contributed by atoms with Crippen molar-refractivity contribution in [2.75, 3.05) is 14.2 Å². The van der Waals surface area contributed by atoms with Gasteiger partial charge in [-0.15, -0.1) is 10.2 Å². The Balaban J connectivity index is 2.96. The average molecular weight is 221 g/mol. The van der Waals surface area contributed by atoms with Gasteiger partial charge in [0.15, 0.2) is 0 Å². The van der Waals surface area contributed by atoms with Crippen LogP contribution in [0.4, 0.5) is 0 Å². The van der Waals surface area contributed by atoms with Gasteiger partial charge in [0.1, 0.15) is 0 Å². The first-order chi connectivity index (χ1) is 7.61. The normalized spacial score (nSPS) is 10.8. The van der Waals surface area contributed by atoms with E-state index in [4.69, 9.17) is 9.47 Å². The molecule has 5 nitrogen and oxygen atoms in total. The molecule has 0 radical (unpaired) electrons. The Morgan fingerprint density at radius 3 is 1.56 bits per heavy atom. The van der Waals surface area contributed by atoms with E-state index in [2.05, 4.69) is 14.8 Å². The van der Waals surface area contributed by atoms with Crippen LogP contribution in [-0.4, -0.2) is 29.0 Å². The fourth-order valence-corrected chi connectivity index (χ4v) is 1.95. The third kappa shape index (κ3) is 1.24. The van der Waals surface area contributed by atoms with Gasteiger partial charge in [0.05, 0.1) is 25.0 Å². The SMILES string of the molecule is COc1nnc(OC)c2c(C)n(C)c(C)c12. The number of hydrogen-bond acceptors (Lipinski definition) is 4. The lowest BCUT2D eigenvalue weighted by Gasteiger charge is -2.04. The number of fused-ring (bicyclic) bond motifs is 1. The summed E-state index contributed by atoms with van der Waals surface area (Å²) in [4.78, 5) is 0. The minimum Gasteiger partial charge on any atom is -0.479 e. The topological polar surface area (TPSA) is 49.2 Å². The lowest BCUT2D eigenvalue weighted by Crippen LogP contribution is -1.96. The predicted molar refractivity (Wildman–Crippen MR) is 61.1 cm³/mol. The van der Waals surface area contributed by atoms with Gasteiger partial charge < -0.3 is 14.0 Å². The molecule has 5 heteroatoms. The van der Waals surface area contributed by atoms with Gasteiger partial charge in [-0.05, 0) is 13.8 Å². The maximum atomic E-state index is 5.23. The molecule has 0 spiro atoms. The molecule has 0 bridgehead atoms. The van der Waals surface area contributed by atoms with Crippen LogP contribution >= 0.6 is 0 Å². The van der Waals surface area contributed by atoms with Crippen molar-refractivity contribution in [2.45, 2.75) is 13.8 Å². The molecule has 0 aliphatic rings. The van der Waals surface area contributed by atoms with E-state index in [0.717, 1.165) is 22.2 Å². The Hall–Kier alpha value is -1.78. The van der Waals surface area contributed by atoms with E-state index in [1.165, 1.54) is 0 Å². The Labute approximate surface area is 94.0 Å². The van der Waals surface area contributed by atoms with E-state index in [0.29, 0.717) is 11.8 Å². The molecule has 0 aliphatic heterocycles. The Morgan fingerprint density at radius 1 is 0.875 bits per heavy atom. The number of aromatic nitrogens is 3. The van der Waals surface area contributed by atoms with Crippen molar-refractivity contribution in [1.29, 1.82) is 0 Å². The molecule has 0 saturated carbocycles. The third-order valence-corrected chi connectivity index (χ3v) is 3.03. The van der Waals surface area contributed by atoms with Crippen LogP contribution in [0.15, 0.2) is 0 Å². The summed E-state index contributed by atoms with van der Waals surface area (Å²) >= 11 is 0. The summed E-state index contributed by atoms with van der Waals surface area (Å²) in [6.07, 6.45) is 0. The minimum absolute atomic E-state index is 0.539. The monoisotopic (exact) mass is 221 g/mol. The summed E-state index contributed by atoms with van der Waals surface area (Å²) in [7, 11) is 5.19. The predicted octanol–water partition coefficient (Wildman–Crippen LogP) is 1.60. The van der Waals surface area contributed by atoms with E-state index in [1.807, 2.05) is 20.9 Å². The highest BCUT2D eigenvalue weighted by Crippen LogP contribution is 2.35. The van der Waals surface area contributed by atoms with Crippen LogP contribution in [0.2, 0.25) is 0 Å². The van der Waals surface area contributed by atoms with Crippen molar-refractivity contribution in [3.63, 3.8) is 0 Å². The van der Waals surface area contributed by atoms with E-state index in [9.17, 15) is 0 Å². The van der Waals surface area contributed by atoms with Gasteiger partial charge in [-0.3, -0.25) is 0 Å². The summed E-state index contributed by atoms with van der Waals surface area (Å²) in [6.45, 7) is 4.05. The third-order valence-electron chi connectivity index (χ3n) is 3.03. The highest BCUT2D eigenvalue weighted by atomic mass is 16.5. The van der Waals surface area contributed by atoms with Crippen LogP contribution in [0.5, 0.6) is 11.8 Å². The van der Waals surface area contributed by atoms with Crippen LogP contribution in [0.1, 0.15) is 11.4 Å². The zero-order chi connectivity index (χ0) is 11.9. The molecule has 86 valence electrons. The second-order valence-corrected chi connectivity index (χ2v) is 3.70. The van der Waals surface area contributed by atoms with Gasteiger partial charge in [-0.1, -0.05) is 0 Å². The first-order valence-electron chi connectivity index (χ1n) is 5.02. The second kappa shape index (κ2) is 3.66. The maximum Gasteiger partial charge on any atom is 0.243 e. The summed E-state index contributed by atoms with van der Waals surface area (Å²) in [6, 6.07) is 0. The van der Waals surface area contributed by atoms with Crippen molar-refractivity contribution in [2.24, 2.45) is 7.05 Å². The summed E-state index contributed by atoms with van der Waals surface area (Å²) in [5.74, 6) is 1.08. The molecule has 0 unspecified atom stereocenters. The van der Waals surface area contributed by atoms with Crippen LogP contribution in [-0.2, 0) is 7.05 Å². The quantitative estimate of drug-likeness (QED) is 0.773. The van der Waals surface area contributed by atoms with E-state index in [1.54, 1.807) is 14.2 Å². The largest absolute Gasteiger partial charge is 0.479 e. The van der Waals surface area contributed by atoms with E-state index >= 15 is 0 Å². The van der Waals surface area contributed by atoms with Gasteiger partial charge in [-0.2, -0.15) is 0 Å². The van der Waals surface area contributed by atoms with Gasteiger partial charge in [0.2, 0.25) is 11.8 Å². The molecule has 2 aromatic heterocycles. The van der Waals surface area contributed by atoms with Crippen molar-refractivity contribution in [3.8, 4) is 11.8 Å². The molecule has 16 heavy (non-hydrogen) atoms. The zero-order valence-electron chi connectivity index (χ0n) is 10.2. The molecule has 2 heterocycles. The van der Waals surface area contributed by atoms with E-state index < -0.39 is 0 Å². The van der Waals surface area contributed by atoms with Crippen molar-refractivity contribution in [1.82, 2.24) is 14.8 Å². The molecule has 0 saturated heterocycles. The fraction of sp³-hybridized carbons (Fsp3) is 0.455. The maximum absolute atomic E-state index is 5.23. The number of nitrogens with zero attached hydrogens (tertiary/aromatic N) is 3. The number of ether oxygens (including phenoxy) is 2. The Kier molecular flexibility index (Phi) is 2.46. The molecular weight excluding hydrogens is 206 g/mol. The Morgan fingerprint density at radius 2 is 1.25 bits per heavy atom. The molecule has 0 amide bonds. The molecule has 0 fully saturated rings. The highest BCUT2D eigenvalue weighted by Gasteiger charge is 2.19. The fourth-order valence-electron chi connectivity index (χ4n) is 1.95. The van der Waals surface area contributed by atoms with Gasteiger partial charge in [0, 0.05) is 18.4 Å². The van der Waals surface area contributed by atoms with Crippen molar-refractivity contribution in [3.05, 3.63) is 11.4 Å². The number of methoxy groups -OCH3 is 2. The lowest BCUT2D eigenvalue weighted by atomic mass is 10.2. The highest BCUT2D eigenvalue weighted by molar-refractivity contribution is 5.95. The lowest BCUT2D eigenvalue weighted by molar-refractivity contribution is 0.376. The summed E-state index contributed by atoms with van der Waals surface area (Å²) in [5.41, 5.74) is 2.19. The first-order valence-corrected chi connectivity index (χ1v) is 5.02. The van der Waals surface area contributed by atoms with Gasteiger partial charge in [0.25, 0.3) is 0 Å². The molecular formula is C11H15N3O2. The molecule has 2 aromatic rings. The number of aryl methyl sites for hydroxylation is 2. The smallest absolute Gasteiger partial charge is 0.243 e. The second-order valence-electron chi connectivity index (χ2n) is 3.70. The van der Waals surface area contributed by atoms with Crippen LogP contribution in [0.3, 0.4) is 0 Å². The summed E-state index contributed by atoms with van der Waals surface area (Å²) < 4.78 is 12.5. The first kappa shape index (κ1) is 10.7. The van der Waals surface area contributed by atoms with Crippen LogP contribution in [0.25, 0.3) is 10.8 Å². The molecule has 0 N–H and O–H groups in total. The van der Waals surface area contributed by atoms with Crippen molar-refractivity contribution < 1.29 is 9.47 Å². The zero-order valence-corrected chi connectivity index (χ0v) is 10.2. The average Bonchev–Trinajstić information content (AvgIpc) is 2.54. The van der Waals surface area contributed by atoms with Crippen molar-refractivity contribution >= 4 is 10.8 Å². The van der Waals surface area contributed by atoms with Gasteiger partial charge in [-0.25, -0.2) is 0 Å². The molecule has 2 rings (SSSR count). The van der Waals surface area contributed by atoms with Crippen LogP contribution in [0, 0.1) is 13.8 Å². The number of rotatable bonds is 2. The molecule has 0 atom stereocenters.